The van der Waals surface area contributed by atoms with Crippen molar-refractivity contribution in [3.05, 3.63) is 86.8 Å². The number of ether oxygens (including phenoxy) is 1. The number of fused-ring (bicyclic) bond motifs is 1. The van der Waals surface area contributed by atoms with Gasteiger partial charge < -0.3 is 9.72 Å². The van der Waals surface area contributed by atoms with Crippen LogP contribution in [0.2, 0.25) is 0 Å². The Morgan fingerprint density at radius 3 is 2.43 bits per heavy atom. The fourth-order valence-electron chi connectivity index (χ4n) is 3.37. The number of thiophene rings is 1. The normalized spacial score (nSPS) is 12.1. The van der Waals surface area contributed by atoms with Gasteiger partial charge in [-0.2, -0.15) is 0 Å². The monoisotopic (exact) mass is 418 g/mol. The molecule has 4 aromatic rings. The zero-order chi connectivity index (χ0) is 21.3. The van der Waals surface area contributed by atoms with Gasteiger partial charge in [0.05, 0.1) is 11.8 Å². The van der Waals surface area contributed by atoms with E-state index in [0.717, 1.165) is 27.1 Å². The van der Waals surface area contributed by atoms with Crippen molar-refractivity contribution in [1.82, 2.24) is 9.97 Å². The average Bonchev–Trinajstić information content (AvgIpc) is 3.03. The first-order chi connectivity index (χ1) is 14.4. The van der Waals surface area contributed by atoms with Gasteiger partial charge >= 0.3 is 5.97 Å². The number of aromatic amines is 1. The molecule has 1 atom stereocenters. The molecule has 1 N–H and O–H groups in total. The van der Waals surface area contributed by atoms with Gasteiger partial charge in [0.25, 0.3) is 5.56 Å². The summed E-state index contributed by atoms with van der Waals surface area (Å²) in [5, 5.41) is 0.610. The second-order valence-electron chi connectivity index (χ2n) is 7.29. The summed E-state index contributed by atoms with van der Waals surface area (Å²) in [6.45, 7) is 5.60. The SMILES string of the molecule is Cc1sc2nc([C@@H](C)OC(=O)Cc3ccc(-c4ccccc4)cc3)[nH]c(=O)c2c1C. The highest BCUT2D eigenvalue weighted by Gasteiger charge is 2.18. The predicted octanol–water partition coefficient (Wildman–Crippen LogP) is 5.12. The van der Waals surface area contributed by atoms with E-state index in [2.05, 4.69) is 9.97 Å². The molecule has 0 aliphatic heterocycles. The molecule has 5 nitrogen and oxygen atoms in total. The van der Waals surface area contributed by atoms with Crippen LogP contribution < -0.4 is 5.56 Å². The van der Waals surface area contributed by atoms with E-state index < -0.39 is 6.10 Å². The van der Waals surface area contributed by atoms with E-state index in [0.29, 0.717) is 16.0 Å². The molecule has 4 rings (SSSR count). The van der Waals surface area contributed by atoms with E-state index in [1.807, 2.05) is 68.4 Å². The Bertz CT molecular complexity index is 1260. The Morgan fingerprint density at radius 1 is 1.07 bits per heavy atom. The third-order valence-electron chi connectivity index (χ3n) is 5.16. The van der Waals surface area contributed by atoms with Gasteiger partial charge in [-0.25, -0.2) is 4.98 Å². The van der Waals surface area contributed by atoms with Crippen molar-refractivity contribution in [1.29, 1.82) is 0 Å². The average molecular weight is 419 g/mol. The van der Waals surface area contributed by atoms with E-state index in [-0.39, 0.29) is 17.9 Å². The minimum Gasteiger partial charge on any atom is -0.454 e. The lowest BCUT2D eigenvalue weighted by atomic mass is 10.0. The fourth-order valence-corrected chi connectivity index (χ4v) is 4.41. The van der Waals surface area contributed by atoms with Crippen molar-refractivity contribution in [3.8, 4) is 11.1 Å². The van der Waals surface area contributed by atoms with Crippen LogP contribution in [0.25, 0.3) is 21.3 Å². The Balaban J connectivity index is 1.45. The second kappa shape index (κ2) is 8.24. The molecule has 0 aliphatic rings. The number of esters is 1. The first-order valence-electron chi connectivity index (χ1n) is 9.76. The Labute approximate surface area is 178 Å². The summed E-state index contributed by atoms with van der Waals surface area (Å²) in [7, 11) is 0. The van der Waals surface area contributed by atoms with Crippen LogP contribution in [0.15, 0.2) is 59.4 Å². The first kappa shape index (κ1) is 20.0. The quantitative estimate of drug-likeness (QED) is 0.457. The summed E-state index contributed by atoms with van der Waals surface area (Å²) in [6.07, 6.45) is -0.482. The van der Waals surface area contributed by atoms with Gasteiger partial charge in [0.15, 0.2) is 11.9 Å². The summed E-state index contributed by atoms with van der Waals surface area (Å²) < 4.78 is 5.53. The molecule has 2 heterocycles. The first-order valence-corrected chi connectivity index (χ1v) is 10.6. The van der Waals surface area contributed by atoms with Crippen molar-refractivity contribution in [3.63, 3.8) is 0 Å². The number of hydrogen-bond donors (Lipinski definition) is 1. The molecule has 2 aromatic heterocycles. The van der Waals surface area contributed by atoms with Crippen LogP contribution >= 0.6 is 11.3 Å². The highest BCUT2D eigenvalue weighted by Crippen LogP contribution is 2.27. The number of benzene rings is 2. The van der Waals surface area contributed by atoms with Crippen LogP contribution in [0.4, 0.5) is 0 Å². The van der Waals surface area contributed by atoms with Crippen LogP contribution in [-0.4, -0.2) is 15.9 Å². The van der Waals surface area contributed by atoms with E-state index in [9.17, 15) is 9.59 Å². The number of aryl methyl sites for hydroxylation is 2. The molecule has 6 heteroatoms. The number of hydrogen-bond acceptors (Lipinski definition) is 5. The minimum atomic E-state index is -0.638. The topological polar surface area (TPSA) is 72.0 Å². The maximum atomic E-state index is 12.4. The molecule has 0 spiro atoms. The Hall–Kier alpha value is -3.25. The lowest BCUT2D eigenvalue weighted by molar-refractivity contribution is -0.148. The molecular formula is C24H22N2O3S. The molecular weight excluding hydrogens is 396 g/mol. The van der Waals surface area contributed by atoms with Crippen molar-refractivity contribution in [2.45, 2.75) is 33.3 Å². The lowest BCUT2D eigenvalue weighted by Crippen LogP contribution is -2.18. The number of nitrogens with zero attached hydrogens (tertiary/aromatic N) is 1. The molecule has 0 unspecified atom stereocenters. The molecule has 30 heavy (non-hydrogen) atoms. The molecule has 0 fully saturated rings. The molecule has 0 amide bonds. The maximum Gasteiger partial charge on any atom is 0.310 e. The molecule has 0 radical (unpaired) electrons. The number of H-pyrrole nitrogens is 1. The number of aromatic nitrogens is 2. The maximum absolute atomic E-state index is 12.4. The minimum absolute atomic E-state index is 0.156. The van der Waals surface area contributed by atoms with Gasteiger partial charge in [-0.05, 0) is 43.0 Å². The smallest absolute Gasteiger partial charge is 0.310 e. The molecule has 152 valence electrons. The number of rotatable bonds is 5. The highest BCUT2D eigenvalue weighted by molar-refractivity contribution is 7.18. The third kappa shape index (κ3) is 4.04. The Kier molecular flexibility index (Phi) is 5.50. The van der Waals surface area contributed by atoms with Gasteiger partial charge in [0.2, 0.25) is 0 Å². The van der Waals surface area contributed by atoms with Crippen molar-refractivity contribution in [2.24, 2.45) is 0 Å². The molecule has 0 saturated heterocycles. The summed E-state index contributed by atoms with van der Waals surface area (Å²) >= 11 is 1.47. The van der Waals surface area contributed by atoms with Crippen molar-refractivity contribution in [2.75, 3.05) is 0 Å². The number of carbonyl (C=O) groups excluding carboxylic acids is 1. The largest absolute Gasteiger partial charge is 0.454 e. The van der Waals surface area contributed by atoms with Crippen LogP contribution in [0.5, 0.6) is 0 Å². The predicted molar refractivity (Wildman–Crippen MR) is 120 cm³/mol. The van der Waals surface area contributed by atoms with Crippen LogP contribution in [0.3, 0.4) is 0 Å². The second-order valence-corrected chi connectivity index (χ2v) is 8.49. The lowest BCUT2D eigenvalue weighted by Gasteiger charge is -2.13. The fraction of sp³-hybridized carbons (Fsp3) is 0.208. The van der Waals surface area contributed by atoms with Gasteiger partial charge in [0.1, 0.15) is 4.83 Å². The van der Waals surface area contributed by atoms with Crippen LogP contribution in [0, 0.1) is 13.8 Å². The van der Waals surface area contributed by atoms with Crippen molar-refractivity contribution >= 4 is 27.5 Å². The van der Waals surface area contributed by atoms with E-state index in [1.165, 1.54) is 11.3 Å². The standard InChI is InChI=1S/C24H22N2O3S/c1-14-16(3)30-24-21(14)23(28)25-22(26-24)15(2)29-20(27)13-17-9-11-19(12-10-17)18-7-5-4-6-8-18/h4-12,15H,13H2,1-3H3,(H,25,26,28)/t15-/m1/s1. The summed E-state index contributed by atoms with van der Waals surface area (Å²) in [6, 6.07) is 17.9. The van der Waals surface area contributed by atoms with Crippen molar-refractivity contribution < 1.29 is 9.53 Å². The summed E-state index contributed by atoms with van der Waals surface area (Å²) in [5.41, 5.74) is 3.84. The zero-order valence-corrected chi connectivity index (χ0v) is 17.9. The van der Waals surface area contributed by atoms with Crippen LogP contribution in [0.1, 0.15) is 34.9 Å². The Morgan fingerprint density at radius 2 is 1.73 bits per heavy atom. The van der Waals surface area contributed by atoms with Gasteiger partial charge in [-0.3, -0.25) is 9.59 Å². The molecule has 0 aliphatic carbocycles. The highest BCUT2D eigenvalue weighted by atomic mass is 32.1. The molecule has 0 bridgehead atoms. The third-order valence-corrected chi connectivity index (χ3v) is 6.26. The van der Waals surface area contributed by atoms with Gasteiger partial charge in [0, 0.05) is 4.88 Å². The summed E-state index contributed by atoms with van der Waals surface area (Å²) in [4.78, 5) is 33.9. The van der Waals surface area contributed by atoms with Gasteiger partial charge in [-0.1, -0.05) is 54.6 Å². The number of carbonyl (C=O) groups is 1. The number of nitrogens with one attached hydrogen (secondary N) is 1. The van der Waals surface area contributed by atoms with E-state index in [4.69, 9.17) is 4.74 Å². The van der Waals surface area contributed by atoms with Crippen LogP contribution in [-0.2, 0) is 16.0 Å². The molecule has 2 aromatic carbocycles. The summed E-state index contributed by atoms with van der Waals surface area (Å²) in [5.74, 6) is -0.00206. The molecule has 0 saturated carbocycles. The zero-order valence-electron chi connectivity index (χ0n) is 17.1. The van der Waals surface area contributed by atoms with E-state index in [1.54, 1.807) is 6.92 Å². The van der Waals surface area contributed by atoms with E-state index >= 15 is 0 Å². The van der Waals surface area contributed by atoms with Gasteiger partial charge in [-0.15, -0.1) is 11.3 Å².